The molecule has 2 aromatic rings. The third kappa shape index (κ3) is 4.64. The van der Waals surface area contributed by atoms with Gasteiger partial charge in [0.2, 0.25) is 0 Å². The second kappa shape index (κ2) is 8.21. The molecule has 1 aliphatic heterocycles. The minimum Gasteiger partial charge on any atom is -0.380 e. The van der Waals surface area contributed by atoms with Gasteiger partial charge in [0, 0.05) is 45.3 Å². The van der Waals surface area contributed by atoms with Crippen LogP contribution in [0.3, 0.4) is 0 Å². The van der Waals surface area contributed by atoms with E-state index >= 15 is 0 Å². The van der Waals surface area contributed by atoms with E-state index in [-0.39, 0.29) is 6.10 Å². The number of aromatic nitrogens is 5. The topological polar surface area (TPSA) is 95.1 Å². The van der Waals surface area contributed by atoms with Gasteiger partial charge in [-0.3, -0.25) is 5.10 Å². The molecule has 0 radical (unpaired) electrons. The van der Waals surface area contributed by atoms with Crippen LogP contribution in [-0.2, 0) is 11.2 Å². The van der Waals surface area contributed by atoms with Gasteiger partial charge in [0.15, 0.2) is 0 Å². The van der Waals surface area contributed by atoms with Crippen LogP contribution >= 0.6 is 0 Å². The number of ether oxygens (including phenoxy) is 1. The summed E-state index contributed by atoms with van der Waals surface area (Å²) >= 11 is 0. The molecule has 2 aromatic heterocycles. The van der Waals surface area contributed by atoms with Gasteiger partial charge in [-0.25, -0.2) is 15.0 Å². The quantitative estimate of drug-likeness (QED) is 0.709. The summed E-state index contributed by atoms with van der Waals surface area (Å²) in [4.78, 5) is 17.4. The fourth-order valence-electron chi connectivity index (χ4n) is 3.18. The zero-order valence-electron chi connectivity index (χ0n) is 15.0. The average Bonchev–Trinajstić information content (AvgIpc) is 3.24. The second-order valence-electron chi connectivity index (χ2n) is 6.53. The SMILES string of the molecule is CO[C@H]1C[C@@H](CN(C)C)N(c2cc(NCCc3ncn[nH]3)ncn2)C1. The molecule has 2 atom stereocenters. The maximum Gasteiger partial charge on any atom is 0.137 e. The summed E-state index contributed by atoms with van der Waals surface area (Å²) in [5.41, 5.74) is 0. The number of aromatic amines is 1. The number of hydrogen-bond acceptors (Lipinski definition) is 8. The lowest BCUT2D eigenvalue weighted by Gasteiger charge is -2.27. The van der Waals surface area contributed by atoms with Gasteiger partial charge in [0.1, 0.15) is 30.1 Å². The molecule has 0 saturated carbocycles. The van der Waals surface area contributed by atoms with Gasteiger partial charge in [0.05, 0.1) is 6.10 Å². The highest BCUT2D eigenvalue weighted by atomic mass is 16.5. The summed E-state index contributed by atoms with van der Waals surface area (Å²) in [6, 6.07) is 2.39. The molecule has 136 valence electrons. The van der Waals surface area contributed by atoms with Gasteiger partial charge in [-0.05, 0) is 20.5 Å². The smallest absolute Gasteiger partial charge is 0.137 e. The molecule has 0 amide bonds. The Morgan fingerprint density at radius 1 is 1.32 bits per heavy atom. The Kier molecular flexibility index (Phi) is 5.77. The van der Waals surface area contributed by atoms with E-state index in [0.717, 1.165) is 49.9 Å². The Balaban J connectivity index is 1.64. The number of anilines is 2. The van der Waals surface area contributed by atoms with Crippen molar-refractivity contribution in [2.24, 2.45) is 0 Å². The lowest BCUT2D eigenvalue weighted by atomic mass is 10.2. The second-order valence-corrected chi connectivity index (χ2v) is 6.53. The van der Waals surface area contributed by atoms with Crippen LogP contribution in [0.15, 0.2) is 18.7 Å². The number of likely N-dealkylation sites (N-methyl/N-ethyl adjacent to an activating group) is 1. The van der Waals surface area contributed by atoms with Crippen molar-refractivity contribution in [2.45, 2.75) is 25.0 Å². The number of nitrogens with one attached hydrogen (secondary N) is 2. The van der Waals surface area contributed by atoms with Gasteiger partial charge >= 0.3 is 0 Å². The number of methoxy groups -OCH3 is 1. The molecule has 0 unspecified atom stereocenters. The molecular formula is C16H26N8O. The molecule has 3 rings (SSSR count). The maximum atomic E-state index is 5.58. The van der Waals surface area contributed by atoms with Crippen molar-refractivity contribution in [2.75, 3.05) is 51.1 Å². The molecular weight excluding hydrogens is 320 g/mol. The Morgan fingerprint density at radius 3 is 2.92 bits per heavy atom. The first-order chi connectivity index (χ1) is 12.2. The first-order valence-electron chi connectivity index (χ1n) is 8.50. The van der Waals surface area contributed by atoms with E-state index < -0.39 is 0 Å². The highest BCUT2D eigenvalue weighted by Crippen LogP contribution is 2.26. The zero-order valence-corrected chi connectivity index (χ0v) is 15.0. The van der Waals surface area contributed by atoms with Crippen LogP contribution in [0.1, 0.15) is 12.2 Å². The third-order valence-corrected chi connectivity index (χ3v) is 4.37. The predicted octanol–water partition coefficient (Wildman–Crippen LogP) is 0.405. The summed E-state index contributed by atoms with van der Waals surface area (Å²) in [7, 11) is 5.96. The molecule has 2 N–H and O–H groups in total. The van der Waals surface area contributed by atoms with Crippen molar-refractivity contribution in [1.82, 2.24) is 30.0 Å². The Hall–Kier alpha value is -2.26. The molecule has 0 aromatic carbocycles. The van der Waals surface area contributed by atoms with Crippen LogP contribution in [0, 0.1) is 0 Å². The first kappa shape index (κ1) is 17.6. The number of hydrogen-bond donors (Lipinski definition) is 2. The number of nitrogens with zero attached hydrogens (tertiary/aromatic N) is 6. The number of rotatable bonds is 8. The summed E-state index contributed by atoms with van der Waals surface area (Å²) in [6.07, 6.45) is 5.13. The molecule has 3 heterocycles. The highest BCUT2D eigenvalue weighted by molar-refractivity contribution is 5.50. The van der Waals surface area contributed by atoms with E-state index in [1.54, 1.807) is 13.4 Å². The van der Waals surface area contributed by atoms with E-state index in [4.69, 9.17) is 4.74 Å². The average molecular weight is 346 g/mol. The van der Waals surface area contributed by atoms with Crippen LogP contribution in [0.5, 0.6) is 0 Å². The van der Waals surface area contributed by atoms with E-state index in [1.807, 2.05) is 6.07 Å². The highest BCUT2D eigenvalue weighted by Gasteiger charge is 2.33. The maximum absolute atomic E-state index is 5.58. The van der Waals surface area contributed by atoms with Gasteiger partial charge < -0.3 is 19.9 Å². The standard InChI is InChI=1S/C16H26N8O/c1-23(2)8-12-6-13(25-3)9-24(12)16-7-15(18-10-20-16)17-5-4-14-19-11-21-22-14/h7,10-13H,4-6,8-9H2,1-3H3,(H,17,18,20)(H,19,21,22)/t12-,13-/m0/s1. The van der Waals surface area contributed by atoms with Crippen LogP contribution in [-0.4, -0.2) is 83.0 Å². The van der Waals surface area contributed by atoms with Gasteiger partial charge in [-0.15, -0.1) is 0 Å². The minimum absolute atomic E-state index is 0.239. The Labute approximate surface area is 147 Å². The van der Waals surface area contributed by atoms with Gasteiger partial charge in [0.25, 0.3) is 0 Å². The van der Waals surface area contributed by atoms with Crippen LogP contribution in [0.4, 0.5) is 11.6 Å². The molecule has 0 spiro atoms. The summed E-state index contributed by atoms with van der Waals surface area (Å²) in [5.74, 6) is 2.60. The fraction of sp³-hybridized carbons (Fsp3) is 0.625. The first-order valence-corrected chi connectivity index (χ1v) is 8.50. The van der Waals surface area contributed by atoms with E-state index in [0.29, 0.717) is 6.04 Å². The Morgan fingerprint density at radius 2 is 2.20 bits per heavy atom. The monoisotopic (exact) mass is 346 g/mol. The normalized spacial score (nSPS) is 20.4. The van der Waals surface area contributed by atoms with Crippen LogP contribution in [0.25, 0.3) is 0 Å². The lowest BCUT2D eigenvalue weighted by molar-refractivity contribution is 0.117. The molecule has 25 heavy (non-hydrogen) atoms. The molecule has 1 saturated heterocycles. The molecule has 9 heteroatoms. The van der Waals surface area contributed by atoms with Crippen LogP contribution < -0.4 is 10.2 Å². The van der Waals surface area contributed by atoms with E-state index in [1.165, 1.54) is 6.33 Å². The third-order valence-electron chi connectivity index (χ3n) is 4.37. The summed E-state index contributed by atoms with van der Waals surface area (Å²) < 4.78 is 5.58. The van der Waals surface area contributed by atoms with Crippen molar-refractivity contribution in [3.63, 3.8) is 0 Å². The van der Waals surface area contributed by atoms with Crippen LogP contribution in [0.2, 0.25) is 0 Å². The van der Waals surface area contributed by atoms with Gasteiger partial charge in [-0.2, -0.15) is 5.10 Å². The predicted molar refractivity (Wildman–Crippen MR) is 95.7 cm³/mol. The van der Waals surface area contributed by atoms with E-state index in [2.05, 4.69) is 54.4 Å². The minimum atomic E-state index is 0.239. The number of H-pyrrole nitrogens is 1. The molecule has 0 bridgehead atoms. The zero-order chi connectivity index (χ0) is 17.6. The van der Waals surface area contributed by atoms with Crippen molar-refractivity contribution in [3.05, 3.63) is 24.5 Å². The lowest BCUT2D eigenvalue weighted by Crippen LogP contribution is -2.38. The van der Waals surface area contributed by atoms with Crippen molar-refractivity contribution in [1.29, 1.82) is 0 Å². The summed E-state index contributed by atoms with van der Waals surface area (Å²) in [5, 5.41) is 10.0. The molecule has 9 nitrogen and oxygen atoms in total. The largest absolute Gasteiger partial charge is 0.380 e. The molecule has 1 fully saturated rings. The van der Waals surface area contributed by atoms with Gasteiger partial charge in [-0.1, -0.05) is 0 Å². The fourth-order valence-corrected chi connectivity index (χ4v) is 3.18. The van der Waals surface area contributed by atoms with Crippen molar-refractivity contribution < 1.29 is 4.74 Å². The van der Waals surface area contributed by atoms with Crippen molar-refractivity contribution >= 4 is 11.6 Å². The van der Waals surface area contributed by atoms with Crippen molar-refractivity contribution in [3.8, 4) is 0 Å². The molecule has 0 aliphatic carbocycles. The Bertz CT molecular complexity index is 647. The molecule has 1 aliphatic rings. The van der Waals surface area contributed by atoms with E-state index in [9.17, 15) is 0 Å². The summed E-state index contributed by atoms with van der Waals surface area (Å²) in [6.45, 7) is 2.55.